The highest BCUT2D eigenvalue weighted by Crippen LogP contribution is 2.14. The van der Waals surface area contributed by atoms with Gasteiger partial charge in [0.05, 0.1) is 4.90 Å². The zero-order valence-corrected chi connectivity index (χ0v) is 14.7. The molecule has 0 radical (unpaired) electrons. The van der Waals surface area contributed by atoms with Crippen LogP contribution in [0.25, 0.3) is 6.08 Å². The maximum atomic E-state index is 11.6. The van der Waals surface area contributed by atoms with Crippen molar-refractivity contribution in [2.45, 2.75) is 4.90 Å². The van der Waals surface area contributed by atoms with Gasteiger partial charge >= 0.3 is 5.97 Å². The van der Waals surface area contributed by atoms with Gasteiger partial charge in [-0.15, -0.1) is 0 Å². The van der Waals surface area contributed by atoms with Crippen molar-refractivity contribution in [3.05, 3.63) is 65.2 Å². The van der Waals surface area contributed by atoms with Crippen LogP contribution in [0.15, 0.2) is 59.5 Å². The van der Waals surface area contributed by atoms with Gasteiger partial charge in [-0.2, -0.15) is 0 Å². The van der Waals surface area contributed by atoms with Gasteiger partial charge in [0.2, 0.25) is 10.0 Å². The lowest BCUT2D eigenvalue weighted by molar-refractivity contribution is -0.138. The van der Waals surface area contributed by atoms with Crippen molar-refractivity contribution in [2.75, 3.05) is 13.2 Å². The van der Waals surface area contributed by atoms with Gasteiger partial charge < -0.3 is 9.47 Å². The maximum absolute atomic E-state index is 11.6. The van der Waals surface area contributed by atoms with E-state index in [4.69, 9.17) is 26.2 Å². The third-order valence-corrected chi connectivity index (χ3v) is 4.21. The second kappa shape index (κ2) is 8.66. The summed E-state index contributed by atoms with van der Waals surface area (Å²) < 4.78 is 32.6. The fourth-order valence-electron chi connectivity index (χ4n) is 1.81. The normalized spacial score (nSPS) is 11.4. The summed E-state index contributed by atoms with van der Waals surface area (Å²) in [7, 11) is -3.73. The Morgan fingerprint density at radius 1 is 1.04 bits per heavy atom. The average Bonchev–Trinajstić information content (AvgIpc) is 2.58. The molecular formula is C17H16ClNO5S. The van der Waals surface area contributed by atoms with Crippen molar-refractivity contribution in [3.8, 4) is 5.75 Å². The molecule has 0 aliphatic heterocycles. The smallest absolute Gasteiger partial charge is 0.330 e. The Labute approximate surface area is 150 Å². The van der Waals surface area contributed by atoms with Crippen LogP contribution in [0.4, 0.5) is 0 Å². The summed E-state index contributed by atoms with van der Waals surface area (Å²) in [5, 5.41) is 5.62. The van der Waals surface area contributed by atoms with Gasteiger partial charge in [-0.05, 0) is 48.0 Å². The van der Waals surface area contributed by atoms with Gasteiger partial charge in [0, 0.05) is 11.1 Å². The van der Waals surface area contributed by atoms with Gasteiger partial charge in [0.25, 0.3) is 0 Å². The zero-order valence-electron chi connectivity index (χ0n) is 13.1. The Morgan fingerprint density at radius 3 is 2.28 bits per heavy atom. The number of sulfonamides is 1. The third-order valence-electron chi connectivity index (χ3n) is 3.03. The van der Waals surface area contributed by atoms with Crippen LogP contribution in [0, 0.1) is 0 Å². The first kappa shape index (κ1) is 19.0. The van der Waals surface area contributed by atoms with Gasteiger partial charge in [0.1, 0.15) is 19.0 Å². The molecule has 0 fully saturated rings. The average molecular weight is 382 g/mol. The predicted octanol–water partition coefficient (Wildman–Crippen LogP) is 2.62. The van der Waals surface area contributed by atoms with Gasteiger partial charge in [-0.1, -0.05) is 23.7 Å². The number of hydrogen-bond acceptors (Lipinski definition) is 5. The number of esters is 1. The summed E-state index contributed by atoms with van der Waals surface area (Å²) in [5.74, 6) is -0.0525. The van der Waals surface area contributed by atoms with Crippen molar-refractivity contribution >= 4 is 33.7 Å². The minimum atomic E-state index is -3.73. The zero-order chi connectivity index (χ0) is 18.3. The molecule has 25 heavy (non-hydrogen) atoms. The van der Waals surface area contributed by atoms with Crippen LogP contribution in [-0.2, 0) is 19.6 Å². The van der Waals surface area contributed by atoms with E-state index in [1.165, 1.54) is 30.3 Å². The van der Waals surface area contributed by atoms with Crippen LogP contribution in [0.5, 0.6) is 5.75 Å². The molecule has 2 rings (SSSR count). The van der Waals surface area contributed by atoms with Crippen molar-refractivity contribution in [1.82, 2.24) is 0 Å². The number of carbonyl (C=O) groups is 1. The van der Waals surface area contributed by atoms with Crippen LogP contribution in [0.2, 0.25) is 5.02 Å². The quantitative estimate of drug-likeness (QED) is 0.452. The van der Waals surface area contributed by atoms with Crippen molar-refractivity contribution < 1.29 is 22.7 Å². The topological polar surface area (TPSA) is 95.7 Å². The number of ether oxygens (including phenoxy) is 2. The number of primary sulfonamides is 1. The first-order valence-corrected chi connectivity index (χ1v) is 9.13. The summed E-state index contributed by atoms with van der Waals surface area (Å²) in [4.78, 5) is 11.6. The Kier molecular flexibility index (Phi) is 6.58. The molecule has 0 aliphatic carbocycles. The van der Waals surface area contributed by atoms with E-state index in [1.54, 1.807) is 30.3 Å². The lowest BCUT2D eigenvalue weighted by Gasteiger charge is -2.07. The van der Waals surface area contributed by atoms with E-state index in [2.05, 4.69) is 0 Å². The van der Waals surface area contributed by atoms with Crippen LogP contribution in [0.3, 0.4) is 0 Å². The fourth-order valence-corrected chi connectivity index (χ4v) is 2.46. The molecule has 0 bridgehead atoms. The highest BCUT2D eigenvalue weighted by atomic mass is 35.5. The fraction of sp³-hybridized carbons (Fsp3) is 0.118. The Morgan fingerprint density at radius 2 is 1.68 bits per heavy atom. The maximum Gasteiger partial charge on any atom is 0.330 e. The minimum Gasteiger partial charge on any atom is -0.490 e. The largest absolute Gasteiger partial charge is 0.490 e. The number of hydrogen-bond donors (Lipinski definition) is 1. The van der Waals surface area contributed by atoms with Crippen LogP contribution in [-0.4, -0.2) is 27.6 Å². The number of rotatable bonds is 7. The third kappa shape index (κ3) is 6.58. The van der Waals surface area contributed by atoms with Crippen molar-refractivity contribution in [2.24, 2.45) is 5.14 Å². The number of carbonyl (C=O) groups excluding carboxylic acids is 1. The van der Waals surface area contributed by atoms with E-state index < -0.39 is 16.0 Å². The van der Waals surface area contributed by atoms with Crippen molar-refractivity contribution in [3.63, 3.8) is 0 Å². The van der Waals surface area contributed by atoms with E-state index in [0.717, 1.165) is 5.56 Å². The lowest BCUT2D eigenvalue weighted by atomic mass is 10.2. The predicted molar refractivity (Wildman–Crippen MR) is 94.8 cm³/mol. The molecule has 2 N–H and O–H groups in total. The number of nitrogens with two attached hydrogens (primary N) is 1. The molecule has 0 amide bonds. The molecule has 0 saturated heterocycles. The Bertz CT molecular complexity index is 846. The first-order chi connectivity index (χ1) is 11.8. The van der Waals surface area contributed by atoms with Crippen LogP contribution in [0.1, 0.15) is 5.56 Å². The van der Waals surface area contributed by atoms with E-state index in [-0.39, 0.29) is 18.1 Å². The highest BCUT2D eigenvalue weighted by Gasteiger charge is 2.07. The molecular weight excluding hydrogens is 366 g/mol. The number of halogens is 1. The summed E-state index contributed by atoms with van der Waals surface area (Å²) in [6, 6.07) is 12.6. The number of benzene rings is 2. The molecule has 0 unspecified atom stereocenters. The summed E-state index contributed by atoms with van der Waals surface area (Å²) in [6.45, 7) is 0.190. The van der Waals surface area contributed by atoms with Gasteiger partial charge in [-0.25, -0.2) is 18.4 Å². The molecule has 0 saturated carbocycles. The Balaban J connectivity index is 1.73. The standard InChI is InChI=1S/C17H16ClNO5S/c18-14-4-1-13(2-5-14)3-10-17(20)24-12-11-23-15-6-8-16(9-7-15)25(19,21)22/h1-10H,11-12H2,(H2,19,21,22)/b10-3+. The summed E-state index contributed by atoms with van der Waals surface area (Å²) >= 11 is 5.77. The molecule has 2 aromatic carbocycles. The molecule has 6 nitrogen and oxygen atoms in total. The van der Waals surface area contributed by atoms with Gasteiger partial charge in [-0.3, -0.25) is 0 Å². The van der Waals surface area contributed by atoms with E-state index in [1.807, 2.05) is 0 Å². The minimum absolute atomic E-state index is 0.00128. The van der Waals surface area contributed by atoms with Crippen LogP contribution >= 0.6 is 11.6 Å². The van der Waals surface area contributed by atoms with E-state index in [0.29, 0.717) is 10.8 Å². The second-order valence-corrected chi connectivity index (χ2v) is 6.92. The Hall–Kier alpha value is -2.35. The molecule has 8 heteroatoms. The SMILES string of the molecule is NS(=O)(=O)c1ccc(OCCOC(=O)/C=C/c2ccc(Cl)cc2)cc1. The van der Waals surface area contributed by atoms with Gasteiger partial charge in [0.15, 0.2) is 0 Å². The lowest BCUT2D eigenvalue weighted by Crippen LogP contribution is -2.12. The van der Waals surface area contributed by atoms with E-state index >= 15 is 0 Å². The molecule has 0 aromatic heterocycles. The summed E-state index contributed by atoms with van der Waals surface area (Å²) in [6.07, 6.45) is 2.93. The monoisotopic (exact) mass is 381 g/mol. The molecule has 2 aromatic rings. The molecule has 0 heterocycles. The molecule has 0 aliphatic rings. The first-order valence-electron chi connectivity index (χ1n) is 7.21. The highest BCUT2D eigenvalue weighted by molar-refractivity contribution is 7.89. The molecule has 0 spiro atoms. The van der Waals surface area contributed by atoms with Crippen LogP contribution < -0.4 is 9.88 Å². The summed E-state index contributed by atoms with van der Waals surface area (Å²) in [5.41, 5.74) is 0.826. The molecule has 0 atom stereocenters. The van der Waals surface area contributed by atoms with Crippen molar-refractivity contribution in [1.29, 1.82) is 0 Å². The molecule has 132 valence electrons. The van der Waals surface area contributed by atoms with E-state index in [9.17, 15) is 13.2 Å². The second-order valence-electron chi connectivity index (χ2n) is 4.92.